The molecule has 0 amide bonds. The van der Waals surface area contributed by atoms with Gasteiger partial charge in [-0.05, 0) is 6.37 Å². The van der Waals surface area contributed by atoms with Crippen LogP contribution in [0.2, 0.25) is 0 Å². The van der Waals surface area contributed by atoms with E-state index in [1.54, 1.807) is 0 Å². The maximum absolute atomic E-state index is 7.36. The molecule has 0 aliphatic heterocycles. The molecule has 0 fully saturated rings. The van der Waals surface area contributed by atoms with Gasteiger partial charge in [0, 0.05) is 13.1 Å². The van der Waals surface area contributed by atoms with Crippen LogP contribution in [0.15, 0.2) is 12.4 Å². The van der Waals surface area contributed by atoms with Gasteiger partial charge in [0.15, 0.2) is 0 Å². The Kier molecular flexibility index (Phi) is 0.609. The standard InChI is InChI=1S/C6H9N3/c1-2-5-3-8-4-6(7)9-5/h3-4H,2H2,1H3,(H2,7,9)/i1D3,2D2. The zero-order chi connectivity index (χ0) is 11.0. The molecule has 48 valence electrons. The Morgan fingerprint density at radius 1 is 1.89 bits per heavy atom. The second-order valence-corrected chi connectivity index (χ2v) is 1.45. The van der Waals surface area contributed by atoms with E-state index in [0.717, 1.165) is 6.20 Å². The molecule has 1 aromatic rings. The van der Waals surface area contributed by atoms with Crippen molar-refractivity contribution in [3.63, 3.8) is 0 Å². The summed E-state index contributed by atoms with van der Waals surface area (Å²) in [6.45, 7) is -2.78. The average Bonchev–Trinajstić information content (AvgIpc) is 2.02. The van der Waals surface area contributed by atoms with Gasteiger partial charge in [-0.15, -0.1) is 0 Å². The first-order chi connectivity index (χ1) is 6.25. The van der Waals surface area contributed by atoms with Gasteiger partial charge in [-0.2, -0.15) is 0 Å². The molecule has 1 heterocycles. The summed E-state index contributed by atoms with van der Waals surface area (Å²) in [4.78, 5) is 7.18. The van der Waals surface area contributed by atoms with Crippen molar-refractivity contribution in [3.05, 3.63) is 18.1 Å². The van der Waals surface area contributed by atoms with E-state index in [-0.39, 0.29) is 11.5 Å². The molecule has 0 saturated carbocycles. The second-order valence-electron chi connectivity index (χ2n) is 1.45. The number of aryl methyl sites for hydroxylation is 1. The molecule has 3 heteroatoms. The third-order valence-corrected chi connectivity index (χ3v) is 0.781. The lowest BCUT2D eigenvalue weighted by molar-refractivity contribution is 1.01. The molecule has 1 rings (SSSR count). The van der Waals surface area contributed by atoms with Crippen molar-refractivity contribution in [3.8, 4) is 0 Å². The first-order valence-corrected chi connectivity index (χ1v) is 2.33. The Morgan fingerprint density at radius 3 is 3.44 bits per heavy atom. The monoisotopic (exact) mass is 128 g/mol. The maximum atomic E-state index is 7.36. The highest BCUT2D eigenvalue weighted by Gasteiger charge is 1.89. The molecule has 0 saturated heterocycles. The normalized spacial score (nSPS) is 20.7. The lowest BCUT2D eigenvalue weighted by Crippen LogP contribution is -1.94. The molecule has 0 unspecified atom stereocenters. The summed E-state index contributed by atoms with van der Waals surface area (Å²) in [5.41, 5.74) is 4.99. The lowest BCUT2D eigenvalue weighted by Gasteiger charge is -1.93. The summed E-state index contributed by atoms with van der Waals surface area (Å²) in [6.07, 6.45) is -0.253. The van der Waals surface area contributed by atoms with E-state index in [0.29, 0.717) is 0 Å². The molecule has 9 heavy (non-hydrogen) atoms. The Hall–Kier alpha value is -1.12. The van der Waals surface area contributed by atoms with Gasteiger partial charge < -0.3 is 5.73 Å². The van der Waals surface area contributed by atoms with Gasteiger partial charge in [-0.1, -0.05) is 6.85 Å². The van der Waals surface area contributed by atoms with E-state index in [2.05, 4.69) is 9.97 Å². The fraction of sp³-hybridized carbons (Fsp3) is 0.333. The zero-order valence-corrected chi connectivity index (χ0v) is 4.63. The summed E-state index contributed by atoms with van der Waals surface area (Å²) in [5.74, 6) is -0.00405. The van der Waals surface area contributed by atoms with Crippen LogP contribution in [0.3, 0.4) is 0 Å². The number of nitrogens with two attached hydrogens (primary N) is 1. The van der Waals surface area contributed by atoms with E-state index in [4.69, 9.17) is 12.6 Å². The summed E-state index contributed by atoms with van der Waals surface area (Å²) >= 11 is 0. The zero-order valence-electron chi connectivity index (χ0n) is 9.63. The largest absolute Gasteiger partial charge is 0.382 e. The quantitative estimate of drug-likeness (QED) is 0.603. The van der Waals surface area contributed by atoms with Gasteiger partial charge in [0.25, 0.3) is 0 Å². The fourth-order valence-corrected chi connectivity index (χ4v) is 0.441. The Labute approximate surface area is 61.0 Å². The van der Waals surface area contributed by atoms with Gasteiger partial charge in [-0.3, -0.25) is 4.98 Å². The molecule has 1 aromatic heterocycles. The number of hydrogen-bond acceptors (Lipinski definition) is 3. The van der Waals surface area contributed by atoms with Crippen LogP contribution < -0.4 is 5.73 Å². The number of anilines is 1. The van der Waals surface area contributed by atoms with Crippen LogP contribution in [0, 0.1) is 0 Å². The minimum absolute atomic E-state index is 0.00405. The third-order valence-electron chi connectivity index (χ3n) is 0.781. The minimum atomic E-state index is -2.78. The average molecular weight is 128 g/mol. The van der Waals surface area contributed by atoms with Crippen LogP contribution in [-0.4, -0.2) is 9.97 Å². The van der Waals surface area contributed by atoms with Crippen molar-refractivity contribution in [1.82, 2.24) is 9.97 Å². The molecule has 0 spiro atoms. The molecule has 0 aromatic carbocycles. The van der Waals surface area contributed by atoms with E-state index in [1.165, 1.54) is 6.20 Å². The first kappa shape index (κ1) is 2.25. The first-order valence-electron chi connectivity index (χ1n) is 4.83. The van der Waals surface area contributed by atoms with E-state index in [1.807, 2.05) is 0 Å². The van der Waals surface area contributed by atoms with Crippen molar-refractivity contribution < 1.29 is 6.85 Å². The summed E-state index contributed by atoms with van der Waals surface area (Å²) < 4.78 is 35.7. The van der Waals surface area contributed by atoms with Crippen molar-refractivity contribution in [2.75, 3.05) is 5.73 Å². The molecule has 0 atom stereocenters. The SMILES string of the molecule is [2H]C([2H])([2H])C([2H])([2H])c1cncc(N)n1. The van der Waals surface area contributed by atoms with Crippen LogP contribution in [0.4, 0.5) is 5.82 Å². The van der Waals surface area contributed by atoms with Crippen LogP contribution in [0.25, 0.3) is 0 Å². The highest BCUT2D eigenvalue weighted by Crippen LogP contribution is 1.96. The van der Waals surface area contributed by atoms with Gasteiger partial charge in [-0.25, -0.2) is 4.98 Å². The molecule has 0 radical (unpaired) electrons. The van der Waals surface area contributed by atoms with Gasteiger partial charge in [0.05, 0.1) is 11.9 Å². The Morgan fingerprint density at radius 2 is 2.78 bits per heavy atom. The maximum Gasteiger partial charge on any atom is 0.142 e. The van der Waals surface area contributed by atoms with Crippen LogP contribution in [0.1, 0.15) is 19.4 Å². The van der Waals surface area contributed by atoms with Gasteiger partial charge in [0.1, 0.15) is 5.82 Å². The summed E-state index contributed by atoms with van der Waals surface area (Å²) in [5, 5.41) is 0. The predicted octanol–water partition coefficient (Wildman–Crippen LogP) is 0.621. The van der Waals surface area contributed by atoms with Crippen LogP contribution in [0.5, 0.6) is 0 Å². The highest BCUT2D eigenvalue weighted by molar-refractivity contribution is 5.23. The Bertz CT molecular complexity index is 334. The fourth-order valence-electron chi connectivity index (χ4n) is 0.441. The number of nitrogens with zero attached hydrogens (tertiary/aromatic N) is 2. The van der Waals surface area contributed by atoms with Crippen molar-refractivity contribution >= 4 is 5.82 Å². The van der Waals surface area contributed by atoms with Gasteiger partial charge in [0.2, 0.25) is 0 Å². The molecule has 0 bridgehead atoms. The van der Waals surface area contributed by atoms with E-state index >= 15 is 0 Å². The highest BCUT2D eigenvalue weighted by atomic mass is 14.9. The van der Waals surface area contributed by atoms with Crippen molar-refractivity contribution in [1.29, 1.82) is 0 Å². The number of hydrogen-bond donors (Lipinski definition) is 1. The topological polar surface area (TPSA) is 51.8 Å². The Balaban J connectivity index is 3.16. The van der Waals surface area contributed by atoms with Crippen molar-refractivity contribution in [2.24, 2.45) is 0 Å². The number of rotatable bonds is 1. The second kappa shape index (κ2) is 2.44. The predicted molar refractivity (Wildman–Crippen MR) is 35.8 cm³/mol. The summed E-state index contributed by atoms with van der Waals surface area (Å²) in [7, 11) is 0. The van der Waals surface area contributed by atoms with Crippen molar-refractivity contribution in [2.45, 2.75) is 13.2 Å². The molecule has 2 N–H and O–H groups in total. The smallest absolute Gasteiger partial charge is 0.142 e. The molecular formula is C6H9N3. The third kappa shape index (κ3) is 1.38. The van der Waals surface area contributed by atoms with Gasteiger partial charge >= 0.3 is 0 Å². The number of aromatic nitrogens is 2. The van der Waals surface area contributed by atoms with Crippen LogP contribution in [-0.2, 0) is 6.37 Å². The number of nitrogen functional groups attached to an aromatic ring is 1. The molecule has 0 aliphatic carbocycles. The lowest BCUT2D eigenvalue weighted by atomic mass is 10.4. The summed E-state index contributed by atoms with van der Waals surface area (Å²) in [6, 6.07) is 0. The van der Waals surface area contributed by atoms with E-state index < -0.39 is 13.2 Å². The molecular weight excluding hydrogens is 114 g/mol. The molecule has 0 aliphatic rings. The van der Waals surface area contributed by atoms with E-state index in [9.17, 15) is 0 Å². The molecule has 3 nitrogen and oxygen atoms in total. The minimum Gasteiger partial charge on any atom is -0.382 e. The van der Waals surface area contributed by atoms with Crippen LogP contribution >= 0.6 is 0 Å².